The zero-order chi connectivity index (χ0) is 14.8. The molecule has 1 aromatic heterocycles. The molecule has 1 heterocycles. The molecule has 1 aliphatic carbocycles. The summed E-state index contributed by atoms with van der Waals surface area (Å²) in [5.74, 6) is 0.638. The number of nitrogens with one attached hydrogen (secondary N) is 1. The molecule has 1 aromatic rings. The Morgan fingerprint density at radius 3 is 2.85 bits per heavy atom. The van der Waals surface area contributed by atoms with Crippen LogP contribution in [0.1, 0.15) is 58.9 Å². The van der Waals surface area contributed by atoms with E-state index in [-0.39, 0.29) is 5.54 Å². The van der Waals surface area contributed by atoms with Crippen molar-refractivity contribution in [1.82, 2.24) is 15.1 Å². The first kappa shape index (κ1) is 15.5. The van der Waals surface area contributed by atoms with Crippen LogP contribution in [0.5, 0.6) is 0 Å². The van der Waals surface area contributed by atoms with Crippen LogP contribution in [-0.4, -0.2) is 27.0 Å². The minimum Gasteiger partial charge on any atom is -0.389 e. The molecule has 4 heteroatoms. The maximum Gasteiger partial charge on any atom is 0.0774 e. The van der Waals surface area contributed by atoms with E-state index < -0.39 is 5.60 Å². The second kappa shape index (κ2) is 5.86. The molecular formula is C16H29N3O. The van der Waals surface area contributed by atoms with E-state index in [0.717, 1.165) is 25.8 Å². The Balaban J connectivity index is 1.82. The van der Waals surface area contributed by atoms with Gasteiger partial charge in [-0.05, 0) is 39.5 Å². The Labute approximate surface area is 122 Å². The first-order valence-corrected chi connectivity index (χ1v) is 7.76. The van der Waals surface area contributed by atoms with Crippen LogP contribution in [0.4, 0.5) is 0 Å². The van der Waals surface area contributed by atoms with Gasteiger partial charge in [0, 0.05) is 24.8 Å². The van der Waals surface area contributed by atoms with Crippen molar-refractivity contribution in [3.05, 3.63) is 18.0 Å². The van der Waals surface area contributed by atoms with Crippen LogP contribution in [0.15, 0.2) is 12.4 Å². The van der Waals surface area contributed by atoms with E-state index in [1.165, 1.54) is 12.0 Å². The molecule has 0 amide bonds. The van der Waals surface area contributed by atoms with Gasteiger partial charge in [-0.3, -0.25) is 4.68 Å². The fraction of sp³-hybridized carbons (Fsp3) is 0.812. The maximum absolute atomic E-state index is 10.6. The van der Waals surface area contributed by atoms with E-state index in [0.29, 0.717) is 12.5 Å². The summed E-state index contributed by atoms with van der Waals surface area (Å²) >= 11 is 0. The molecule has 0 spiro atoms. The van der Waals surface area contributed by atoms with Crippen molar-refractivity contribution < 1.29 is 5.11 Å². The topological polar surface area (TPSA) is 50.1 Å². The average molecular weight is 279 g/mol. The van der Waals surface area contributed by atoms with Gasteiger partial charge in [0.15, 0.2) is 0 Å². The summed E-state index contributed by atoms with van der Waals surface area (Å²) in [7, 11) is 0. The summed E-state index contributed by atoms with van der Waals surface area (Å²) in [5.41, 5.74) is 0.680. The number of nitrogens with zero attached hydrogens (tertiary/aromatic N) is 2. The van der Waals surface area contributed by atoms with E-state index in [4.69, 9.17) is 0 Å². The van der Waals surface area contributed by atoms with Crippen LogP contribution >= 0.6 is 0 Å². The van der Waals surface area contributed by atoms with Crippen LogP contribution < -0.4 is 5.32 Å². The lowest BCUT2D eigenvalue weighted by atomic mass is 9.79. The molecule has 114 valence electrons. The Morgan fingerprint density at radius 1 is 1.50 bits per heavy atom. The number of aromatic nitrogens is 2. The highest BCUT2D eigenvalue weighted by molar-refractivity contribution is 5.05. The molecule has 1 saturated carbocycles. The Bertz CT molecular complexity index is 435. The zero-order valence-corrected chi connectivity index (χ0v) is 13.3. The third kappa shape index (κ3) is 4.06. The second-order valence-corrected chi connectivity index (χ2v) is 7.49. The molecule has 20 heavy (non-hydrogen) atoms. The summed E-state index contributed by atoms with van der Waals surface area (Å²) < 4.78 is 1.99. The SMILES string of the molecule is CC1CCCC(O)(CNCc2cnn(C(C)(C)C)c2)C1. The van der Waals surface area contributed by atoms with E-state index in [9.17, 15) is 5.11 Å². The van der Waals surface area contributed by atoms with Crippen molar-refractivity contribution in [2.75, 3.05) is 6.54 Å². The third-order valence-electron chi connectivity index (χ3n) is 4.17. The summed E-state index contributed by atoms with van der Waals surface area (Å²) in [4.78, 5) is 0. The first-order chi connectivity index (χ1) is 9.28. The standard InChI is InChI=1S/C16H29N3O/c1-13-6-5-7-16(20,8-13)12-17-9-14-10-18-19(11-14)15(2,3)4/h10-11,13,17,20H,5-9,12H2,1-4H3. The van der Waals surface area contributed by atoms with Crippen LogP contribution in [0, 0.1) is 5.92 Å². The third-order valence-corrected chi connectivity index (χ3v) is 4.17. The van der Waals surface area contributed by atoms with Crippen molar-refractivity contribution in [3.8, 4) is 0 Å². The number of hydrogen-bond acceptors (Lipinski definition) is 3. The lowest BCUT2D eigenvalue weighted by Crippen LogP contribution is -2.43. The molecule has 1 aliphatic rings. The summed E-state index contributed by atoms with van der Waals surface area (Å²) in [6, 6.07) is 0. The van der Waals surface area contributed by atoms with Crippen molar-refractivity contribution in [3.63, 3.8) is 0 Å². The summed E-state index contributed by atoms with van der Waals surface area (Å²) in [5, 5.41) is 18.4. The fourth-order valence-corrected chi connectivity index (χ4v) is 3.05. The smallest absolute Gasteiger partial charge is 0.0774 e. The highest BCUT2D eigenvalue weighted by Crippen LogP contribution is 2.31. The predicted octanol–water partition coefficient (Wildman–Crippen LogP) is 2.67. The molecule has 2 N–H and O–H groups in total. The van der Waals surface area contributed by atoms with Gasteiger partial charge in [-0.2, -0.15) is 5.10 Å². The molecule has 0 radical (unpaired) electrons. The normalized spacial score (nSPS) is 27.8. The molecule has 1 fully saturated rings. The van der Waals surface area contributed by atoms with Gasteiger partial charge in [-0.15, -0.1) is 0 Å². The van der Waals surface area contributed by atoms with Gasteiger partial charge in [-0.25, -0.2) is 0 Å². The largest absolute Gasteiger partial charge is 0.389 e. The van der Waals surface area contributed by atoms with Crippen LogP contribution in [0.25, 0.3) is 0 Å². The number of hydrogen-bond donors (Lipinski definition) is 2. The van der Waals surface area contributed by atoms with Gasteiger partial charge < -0.3 is 10.4 Å². The average Bonchev–Trinajstić information content (AvgIpc) is 2.76. The lowest BCUT2D eigenvalue weighted by molar-refractivity contribution is -0.0119. The predicted molar refractivity (Wildman–Crippen MR) is 81.5 cm³/mol. The number of aliphatic hydroxyl groups is 1. The van der Waals surface area contributed by atoms with Gasteiger partial charge in [0.05, 0.1) is 17.3 Å². The molecule has 2 atom stereocenters. The minimum absolute atomic E-state index is 0.0231. The molecule has 0 bridgehead atoms. The highest BCUT2D eigenvalue weighted by Gasteiger charge is 2.32. The molecular weight excluding hydrogens is 250 g/mol. The van der Waals surface area contributed by atoms with Gasteiger partial charge in [0.1, 0.15) is 0 Å². The lowest BCUT2D eigenvalue weighted by Gasteiger charge is -2.35. The minimum atomic E-state index is -0.516. The van der Waals surface area contributed by atoms with Crippen molar-refractivity contribution >= 4 is 0 Å². The monoisotopic (exact) mass is 279 g/mol. The van der Waals surface area contributed by atoms with E-state index >= 15 is 0 Å². The molecule has 2 unspecified atom stereocenters. The molecule has 0 saturated heterocycles. The molecule has 4 nitrogen and oxygen atoms in total. The van der Waals surface area contributed by atoms with Crippen molar-refractivity contribution in [2.24, 2.45) is 5.92 Å². The Kier molecular flexibility index (Phi) is 4.55. The Morgan fingerprint density at radius 2 is 2.25 bits per heavy atom. The quantitative estimate of drug-likeness (QED) is 0.891. The van der Waals surface area contributed by atoms with E-state index in [1.54, 1.807) is 0 Å². The highest BCUT2D eigenvalue weighted by atomic mass is 16.3. The fourth-order valence-electron chi connectivity index (χ4n) is 3.05. The molecule has 2 rings (SSSR count). The van der Waals surface area contributed by atoms with Crippen molar-refractivity contribution in [1.29, 1.82) is 0 Å². The summed E-state index contributed by atoms with van der Waals surface area (Å²) in [6.07, 6.45) is 8.22. The number of rotatable bonds is 4. The van der Waals surface area contributed by atoms with Gasteiger partial charge >= 0.3 is 0 Å². The van der Waals surface area contributed by atoms with Crippen LogP contribution in [0.3, 0.4) is 0 Å². The van der Waals surface area contributed by atoms with E-state index in [2.05, 4.69) is 44.3 Å². The van der Waals surface area contributed by atoms with Gasteiger partial charge in [0.25, 0.3) is 0 Å². The summed E-state index contributed by atoms with van der Waals surface area (Å²) in [6.45, 7) is 10.1. The molecule has 0 aliphatic heterocycles. The van der Waals surface area contributed by atoms with Gasteiger partial charge in [0.2, 0.25) is 0 Å². The van der Waals surface area contributed by atoms with Crippen LogP contribution in [0.2, 0.25) is 0 Å². The van der Waals surface area contributed by atoms with E-state index in [1.807, 2.05) is 10.9 Å². The first-order valence-electron chi connectivity index (χ1n) is 7.76. The maximum atomic E-state index is 10.6. The van der Waals surface area contributed by atoms with Crippen molar-refractivity contribution in [2.45, 2.75) is 71.1 Å². The zero-order valence-electron chi connectivity index (χ0n) is 13.3. The van der Waals surface area contributed by atoms with Gasteiger partial charge in [-0.1, -0.05) is 19.8 Å². The Hall–Kier alpha value is -0.870. The second-order valence-electron chi connectivity index (χ2n) is 7.49. The van der Waals surface area contributed by atoms with Crippen LogP contribution in [-0.2, 0) is 12.1 Å². The molecule has 0 aromatic carbocycles.